The van der Waals surface area contributed by atoms with Gasteiger partial charge in [-0.3, -0.25) is 9.78 Å². The third-order valence-electron chi connectivity index (χ3n) is 4.69. The summed E-state index contributed by atoms with van der Waals surface area (Å²) in [5.41, 5.74) is 2.99. The minimum Gasteiger partial charge on any atom is -0.335 e. The second kappa shape index (κ2) is 6.96. The first-order valence-corrected chi connectivity index (χ1v) is 10.3. The number of hydrogen-bond donors (Lipinski definition) is 0. The molecule has 1 aliphatic rings. The van der Waals surface area contributed by atoms with Crippen LogP contribution in [0.5, 0.6) is 0 Å². The maximum absolute atomic E-state index is 13.3. The molecule has 2 heterocycles. The molecule has 1 fully saturated rings. The Labute approximate surface area is 148 Å². The number of hydrogen-bond acceptors (Lipinski definition) is 4. The molecular weight excluding hydrogens is 336 g/mol. The molecule has 3 rings (SSSR count). The zero-order valence-corrected chi connectivity index (χ0v) is 15.3. The second-order valence-electron chi connectivity index (χ2n) is 6.33. The van der Waals surface area contributed by atoms with Crippen molar-refractivity contribution in [2.24, 2.45) is 0 Å². The first-order valence-electron chi connectivity index (χ1n) is 8.45. The van der Waals surface area contributed by atoms with Crippen molar-refractivity contribution in [3.05, 3.63) is 53.9 Å². The van der Waals surface area contributed by atoms with Gasteiger partial charge in [0.1, 0.15) is 0 Å². The Bertz CT molecular complexity index is 879. The van der Waals surface area contributed by atoms with Gasteiger partial charge in [-0.05, 0) is 37.5 Å². The number of rotatable bonds is 4. The summed E-state index contributed by atoms with van der Waals surface area (Å²) in [5.74, 6) is 0.0556. The molecular formula is C19H22N2O3S. The Kier molecular flexibility index (Phi) is 4.90. The Morgan fingerprint density at radius 1 is 1.24 bits per heavy atom. The zero-order chi connectivity index (χ0) is 18.0. The van der Waals surface area contributed by atoms with E-state index < -0.39 is 9.84 Å². The molecule has 1 atom stereocenters. The van der Waals surface area contributed by atoms with Gasteiger partial charge in [0.2, 0.25) is 0 Å². The van der Waals surface area contributed by atoms with Crippen LogP contribution in [-0.4, -0.2) is 48.3 Å². The molecule has 1 aliphatic heterocycles. The van der Waals surface area contributed by atoms with Gasteiger partial charge in [-0.2, -0.15) is 0 Å². The smallest absolute Gasteiger partial charge is 0.256 e. The van der Waals surface area contributed by atoms with Gasteiger partial charge in [-0.15, -0.1) is 0 Å². The lowest BCUT2D eigenvalue weighted by molar-refractivity contribution is 0.0708. The van der Waals surface area contributed by atoms with E-state index in [0.29, 0.717) is 24.2 Å². The maximum Gasteiger partial charge on any atom is 0.256 e. The number of nitrogens with zero attached hydrogens (tertiary/aromatic N) is 2. The highest BCUT2D eigenvalue weighted by Crippen LogP contribution is 2.28. The van der Waals surface area contributed by atoms with E-state index in [9.17, 15) is 13.2 Å². The summed E-state index contributed by atoms with van der Waals surface area (Å²) in [6.07, 6.45) is 2.20. The number of aromatic nitrogens is 1. The number of carbonyl (C=O) groups is 1. The molecule has 0 spiro atoms. The van der Waals surface area contributed by atoms with E-state index in [1.807, 2.05) is 50.2 Å². The van der Waals surface area contributed by atoms with Crippen LogP contribution < -0.4 is 0 Å². The number of pyridine rings is 1. The average molecular weight is 358 g/mol. The van der Waals surface area contributed by atoms with Gasteiger partial charge in [0.15, 0.2) is 9.84 Å². The zero-order valence-electron chi connectivity index (χ0n) is 14.5. The number of benzene rings is 1. The Hall–Kier alpha value is -2.21. The molecule has 5 nitrogen and oxygen atoms in total. The normalized spacial score (nSPS) is 18.9. The molecule has 0 saturated carbocycles. The van der Waals surface area contributed by atoms with Crippen LogP contribution in [0.4, 0.5) is 0 Å². The van der Waals surface area contributed by atoms with Crippen LogP contribution in [0.2, 0.25) is 0 Å². The van der Waals surface area contributed by atoms with Crippen molar-refractivity contribution in [3.8, 4) is 11.1 Å². The maximum atomic E-state index is 13.3. The molecule has 6 heteroatoms. The van der Waals surface area contributed by atoms with Crippen LogP contribution >= 0.6 is 0 Å². The molecule has 1 saturated heterocycles. The van der Waals surface area contributed by atoms with Crippen molar-refractivity contribution < 1.29 is 13.2 Å². The summed E-state index contributed by atoms with van der Waals surface area (Å²) in [5, 5.41) is 0. The van der Waals surface area contributed by atoms with E-state index in [1.165, 1.54) is 0 Å². The number of sulfone groups is 1. The molecule has 0 aliphatic carbocycles. The van der Waals surface area contributed by atoms with E-state index in [-0.39, 0.29) is 23.5 Å². The van der Waals surface area contributed by atoms with E-state index in [1.54, 1.807) is 11.1 Å². The van der Waals surface area contributed by atoms with Crippen molar-refractivity contribution in [1.82, 2.24) is 9.88 Å². The SMILES string of the molecule is CCN(C(=O)c1c(-c2ccccc2)ccnc1C)[C@@H]1CCS(=O)(=O)C1. The molecule has 0 bridgehead atoms. The van der Waals surface area contributed by atoms with Gasteiger partial charge in [0.25, 0.3) is 5.91 Å². The Morgan fingerprint density at radius 2 is 1.96 bits per heavy atom. The third-order valence-corrected chi connectivity index (χ3v) is 6.44. The van der Waals surface area contributed by atoms with Gasteiger partial charge < -0.3 is 4.90 Å². The standard InChI is InChI=1S/C19H22N2O3S/c1-3-21(16-10-12-25(23,24)13-16)19(22)18-14(2)20-11-9-17(18)15-7-5-4-6-8-15/h4-9,11,16H,3,10,12-13H2,1-2H3/t16-/m1/s1. The highest BCUT2D eigenvalue weighted by Gasteiger charge is 2.35. The van der Waals surface area contributed by atoms with Crippen molar-refractivity contribution in [1.29, 1.82) is 0 Å². The molecule has 0 radical (unpaired) electrons. The summed E-state index contributed by atoms with van der Waals surface area (Å²) in [6, 6.07) is 11.3. The van der Waals surface area contributed by atoms with Crippen molar-refractivity contribution in [2.45, 2.75) is 26.3 Å². The summed E-state index contributed by atoms with van der Waals surface area (Å²) in [4.78, 5) is 19.3. The fraction of sp³-hybridized carbons (Fsp3) is 0.368. The highest BCUT2D eigenvalue weighted by molar-refractivity contribution is 7.91. The Balaban J connectivity index is 2.02. The summed E-state index contributed by atoms with van der Waals surface area (Å²) in [6.45, 7) is 4.18. The largest absolute Gasteiger partial charge is 0.335 e. The first-order chi connectivity index (χ1) is 11.9. The Morgan fingerprint density at radius 3 is 2.56 bits per heavy atom. The molecule has 0 unspecified atom stereocenters. The van der Waals surface area contributed by atoms with E-state index in [2.05, 4.69) is 4.98 Å². The van der Waals surface area contributed by atoms with E-state index >= 15 is 0 Å². The van der Waals surface area contributed by atoms with Crippen LogP contribution in [0.1, 0.15) is 29.4 Å². The third kappa shape index (κ3) is 3.58. The number of aryl methyl sites for hydroxylation is 1. The van der Waals surface area contributed by atoms with Crippen LogP contribution in [0, 0.1) is 6.92 Å². The monoisotopic (exact) mass is 358 g/mol. The molecule has 25 heavy (non-hydrogen) atoms. The van der Waals surface area contributed by atoms with E-state index in [4.69, 9.17) is 0 Å². The molecule has 132 valence electrons. The molecule has 2 aromatic rings. The van der Waals surface area contributed by atoms with Crippen LogP contribution in [-0.2, 0) is 9.84 Å². The number of carbonyl (C=O) groups excluding carboxylic acids is 1. The van der Waals surface area contributed by atoms with Crippen LogP contribution in [0.25, 0.3) is 11.1 Å². The topological polar surface area (TPSA) is 67.3 Å². The predicted molar refractivity (Wildman–Crippen MR) is 98.2 cm³/mol. The van der Waals surface area contributed by atoms with Gasteiger partial charge in [0, 0.05) is 18.8 Å². The highest BCUT2D eigenvalue weighted by atomic mass is 32.2. The molecule has 1 aromatic carbocycles. The second-order valence-corrected chi connectivity index (χ2v) is 8.56. The fourth-order valence-corrected chi connectivity index (χ4v) is 5.16. The number of amides is 1. The average Bonchev–Trinajstić information content (AvgIpc) is 2.95. The summed E-state index contributed by atoms with van der Waals surface area (Å²) in [7, 11) is -3.05. The van der Waals surface area contributed by atoms with Gasteiger partial charge in [-0.25, -0.2) is 8.42 Å². The van der Waals surface area contributed by atoms with Crippen molar-refractivity contribution >= 4 is 15.7 Å². The van der Waals surface area contributed by atoms with Gasteiger partial charge in [-0.1, -0.05) is 30.3 Å². The van der Waals surface area contributed by atoms with Crippen LogP contribution in [0.15, 0.2) is 42.6 Å². The minimum absolute atomic E-state index is 0.0482. The molecule has 1 aromatic heterocycles. The molecule has 1 amide bonds. The lowest BCUT2D eigenvalue weighted by Crippen LogP contribution is -2.41. The minimum atomic E-state index is -3.05. The van der Waals surface area contributed by atoms with Crippen molar-refractivity contribution in [2.75, 3.05) is 18.1 Å². The predicted octanol–water partition coefficient (Wildman–Crippen LogP) is 2.71. The van der Waals surface area contributed by atoms with Crippen molar-refractivity contribution in [3.63, 3.8) is 0 Å². The first kappa shape index (κ1) is 17.6. The fourth-order valence-electron chi connectivity index (χ4n) is 3.43. The lowest BCUT2D eigenvalue weighted by atomic mass is 9.98. The molecule has 0 N–H and O–H groups in total. The quantitative estimate of drug-likeness (QED) is 0.843. The van der Waals surface area contributed by atoms with Gasteiger partial charge >= 0.3 is 0 Å². The van der Waals surface area contributed by atoms with Crippen LogP contribution in [0.3, 0.4) is 0 Å². The summed E-state index contributed by atoms with van der Waals surface area (Å²) >= 11 is 0. The van der Waals surface area contributed by atoms with E-state index in [0.717, 1.165) is 11.1 Å². The summed E-state index contributed by atoms with van der Waals surface area (Å²) < 4.78 is 23.7. The lowest BCUT2D eigenvalue weighted by Gasteiger charge is -2.28. The van der Waals surface area contributed by atoms with Gasteiger partial charge in [0.05, 0.1) is 22.8 Å².